The Kier molecular flexibility index (Phi) is 4.79. The molecule has 5 nitrogen and oxygen atoms in total. The fraction of sp³-hybridized carbons (Fsp3) is 0.0667. The third kappa shape index (κ3) is 4.50. The first-order chi connectivity index (χ1) is 10.0. The van der Waals surface area contributed by atoms with Crippen LogP contribution in [0.15, 0.2) is 48.5 Å². The molecule has 0 aliphatic carbocycles. The topological polar surface area (TPSA) is 67.4 Å². The number of anilines is 1. The van der Waals surface area contributed by atoms with E-state index >= 15 is 0 Å². The molecule has 2 N–H and O–H groups in total. The van der Waals surface area contributed by atoms with Gasteiger partial charge in [0, 0.05) is 16.3 Å². The van der Waals surface area contributed by atoms with Gasteiger partial charge in [-0.05, 0) is 43.3 Å². The molecule has 21 heavy (non-hydrogen) atoms. The highest BCUT2D eigenvalue weighted by Crippen LogP contribution is 2.13. The molecule has 0 radical (unpaired) electrons. The Labute approximate surface area is 126 Å². The molecular weight excluding hydrogens is 292 g/mol. The summed E-state index contributed by atoms with van der Waals surface area (Å²) in [6.45, 7) is 1.91. The van der Waals surface area contributed by atoms with Crippen LogP contribution in [-0.2, 0) is 4.84 Å². The largest absolute Gasteiger partial charge is 0.436 e. The normalized spacial score (nSPS) is 9.81. The number of carbonyl (C=O) groups excluding carboxylic acids is 2. The average molecular weight is 305 g/mol. The molecule has 0 aromatic heterocycles. The Morgan fingerprint density at radius 2 is 1.62 bits per heavy atom. The van der Waals surface area contributed by atoms with Crippen molar-refractivity contribution in [3.8, 4) is 0 Å². The van der Waals surface area contributed by atoms with Gasteiger partial charge in [-0.15, -0.1) is 0 Å². The van der Waals surface area contributed by atoms with Crippen LogP contribution in [0, 0.1) is 6.92 Å². The first-order valence-electron chi connectivity index (χ1n) is 6.15. The summed E-state index contributed by atoms with van der Waals surface area (Å²) >= 11 is 5.73. The van der Waals surface area contributed by atoms with E-state index in [1.807, 2.05) is 6.92 Å². The number of hydroxylamine groups is 1. The lowest BCUT2D eigenvalue weighted by atomic mass is 10.1. The van der Waals surface area contributed by atoms with Gasteiger partial charge in [-0.3, -0.25) is 10.1 Å². The van der Waals surface area contributed by atoms with Crippen molar-refractivity contribution in [2.75, 3.05) is 5.32 Å². The first kappa shape index (κ1) is 14.9. The van der Waals surface area contributed by atoms with E-state index in [9.17, 15) is 9.59 Å². The van der Waals surface area contributed by atoms with E-state index in [2.05, 4.69) is 15.6 Å². The van der Waals surface area contributed by atoms with Gasteiger partial charge in [0.25, 0.3) is 5.91 Å². The van der Waals surface area contributed by atoms with Crippen molar-refractivity contribution < 1.29 is 14.4 Å². The van der Waals surface area contributed by atoms with Gasteiger partial charge < -0.3 is 4.84 Å². The van der Waals surface area contributed by atoms with Crippen LogP contribution in [0.2, 0.25) is 5.02 Å². The maximum atomic E-state index is 11.7. The van der Waals surface area contributed by atoms with E-state index in [0.717, 1.165) is 5.56 Å². The molecular formula is C15H13ClN2O3. The van der Waals surface area contributed by atoms with Gasteiger partial charge in [0.1, 0.15) is 0 Å². The molecule has 0 saturated heterocycles. The van der Waals surface area contributed by atoms with Crippen LogP contribution in [0.1, 0.15) is 15.9 Å². The summed E-state index contributed by atoms with van der Waals surface area (Å²) in [6, 6.07) is 13.4. The molecule has 0 aliphatic heterocycles. The highest BCUT2D eigenvalue weighted by molar-refractivity contribution is 6.30. The van der Waals surface area contributed by atoms with Crippen molar-refractivity contribution in [2.45, 2.75) is 6.92 Å². The van der Waals surface area contributed by atoms with Gasteiger partial charge in [0.2, 0.25) is 0 Å². The van der Waals surface area contributed by atoms with E-state index in [1.54, 1.807) is 48.5 Å². The molecule has 0 bridgehead atoms. The number of amides is 2. The minimum atomic E-state index is -0.794. The monoisotopic (exact) mass is 304 g/mol. The fourth-order valence-electron chi connectivity index (χ4n) is 1.53. The molecule has 0 spiro atoms. The lowest BCUT2D eigenvalue weighted by Gasteiger charge is -2.07. The van der Waals surface area contributed by atoms with Crippen molar-refractivity contribution in [2.24, 2.45) is 0 Å². The number of halogens is 1. The molecule has 0 aliphatic rings. The van der Waals surface area contributed by atoms with Crippen molar-refractivity contribution >= 4 is 29.3 Å². The van der Waals surface area contributed by atoms with Crippen molar-refractivity contribution in [1.82, 2.24) is 5.48 Å². The second kappa shape index (κ2) is 6.76. The molecule has 0 heterocycles. The summed E-state index contributed by atoms with van der Waals surface area (Å²) in [4.78, 5) is 27.9. The SMILES string of the molecule is Cc1ccc(C(=O)NOC(=O)Nc2ccc(Cl)cc2)cc1. The molecule has 2 amide bonds. The number of hydrogen-bond acceptors (Lipinski definition) is 3. The molecule has 0 fully saturated rings. The molecule has 2 rings (SSSR count). The number of hydrogen-bond donors (Lipinski definition) is 2. The van der Waals surface area contributed by atoms with Crippen molar-refractivity contribution in [1.29, 1.82) is 0 Å². The number of nitrogens with one attached hydrogen (secondary N) is 2. The summed E-state index contributed by atoms with van der Waals surface area (Å²) in [6.07, 6.45) is -0.794. The predicted octanol–water partition coefficient (Wildman–Crippen LogP) is 3.54. The zero-order valence-electron chi connectivity index (χ0n) is 11.2. The highest BCUT2D eigenvalue weighted by Gasteiger charge is 2.09. The zero-order valence-corrected chi connectivity index (χ0v) is 12.0. The molecule has 0 saturated carbocycles. The summed E-state index contributed by atoms with van der Waals surface area (Å²) in [5.41, 5.74) is 4.02. The third-order valence-corrected chi connectivity index (χ3v) is 2.89. The van der Waals surface area contributed by atoms with Gasteiger partial charge in [-0.25, -0.2) is 4.79 Å². The minimum absolute atomic E-state index is 0.403. The molecule has 0 unspecified atom stereocenters. The summed E-state index contributed by atoms with van der Waals surface area (Å²) in [5.74, 6) is -0.499. The van der Waals surface area contributed by atoms with E-state index in [0.29, 0.717) is 16.3 Å². The fourth-order valence-corrected chi connectivity index (χ4v) is 1.66. The van der Waals surface area contributed by atoms with Gasteiger partial charge in [0.05, 0.1) is 0 Å². The lowest BCUT2D eigenvalue weighted by Crippen LogP contribution is -2.29. The van der Waals surface area contributed by atoms with Gasteiger partial charge in [0.15, 0.2) is 0 Å². The molecule has 2 aromatic rings. The standard InChI is InChI=1S/C15H13ClN2O3/c1-10-2-4-11(5-3-10)14(19)18-21-15(20)17-13-8-6-12(16)7-9-13/h2-9H,1H3,(H,17,20)(H,18,19). The maximum Gasteiger partial charge on any atom is 0.436 e. The number of benzene rings is 2. The minimum Gasteiger partial charge on any atom is -0.321 e. The molecule has 108 valence electrons. The summed E-state index contributed by atoms with van der Waals surface area (Å²) in [7, 11) is 0. The first-order valence-corrected chi connectivity index (χ1v) is 6.53. The van der Waals surface area contributed by atoms with Crippen LogP contribution in [0.5, 0.6) is 0 Å². The maximum absolute atomic E-state index is 11.7. The third-order valence-electron chi connectivity index (χ3n) is 2.64. The van der Waals surface area contributed by atoms with Crippen LogP contribution in [-0.4, -0.2) is 12.0 Å². The Morgan fingerprint density at radius 1 is 1.00 bits per heavy atom. The smallest absolute Gasteiger partial charge is 0.321 e. The van der Waals surface area contributed by atoms with Gasteiger partial charge in [-0.2, -0.15) is 5.48 Å². The summed E-state index contributed by atoms with van der Waals surface area (Å²) < 4.78 is 0. The Morgan fingerprint density at radius 3 is 2.24 bits per heavy atom. The van der Waals surface area contributed by atoms with Crippen molar-refractivity contribution in [3.63, 3.8) is 0 Å². The quantitative estimate of drug-likeness (QED) is 0.834. The van der Waals surface area contributed by atoms with E-state index in [1.165, 1.54) is 0 Å². The Hall–Kier alpha value is -2.53. The van der Waals surface area contributed by atoms with Crippen LogP contribution in [0.3, 0.4) is 0 Å². The van der Waals surface area contributed by atoms with Gasteiger partial charge >= 0.3 is 6.09 Å². The predicted molar refractivity (Wildman–Crippen MR) is 80.2 cm³/mol. The van der Waals surface area contributed by atoms with E-state index in [4.69, 9.17) is 11.6 Å². The molecule has 6 heteroatoms. The van der Waals surface area contributed by atoms with Crippen LogP contribution in [0.4, 0.5) is 10.5 Å². The number of carbonyl (C=O) groups is 2. The second-order valence-corrected chi connectivity index (χ2v) is 4.76. The van der Waals surface area contributed by atoms with E-state index in [-0.39, 0.29) is 0 Å². The Bertz CT molecular complexity index is 639. The number of rotatable bonds is 2. The second-order valence-electron chi connectivity index (χ2n) is 4.32. The van der Waals surface area contributed by atoms with E-state index < -0.39 is 12.0 Å². The molecule has 0 atom stereocenters. The Balaban J connectivity index is 1.84. The lowest BCUT2D eigenvalue weighted by molar-refractivity contribution is 0.0615. The van der Waals surface area contributed by atoms with Crippen LogP contribution in [0.25, 0.3) is 0 Å². The van der Waals surface area contributed by atoms with Crippen LogP contribution >= 0.6 is 11.6 Å². The highest BCUT2D eigenvalue weighted by atomic mass is 35.5. The average Bonchev–Trinajstić information content (AvgIpc) is 2.48. The van der Waals surface area contributed by atoms with Crippen LogP contribution < -0.4 is 10.8 Å². The van der Waals surface area contributed by atoms with Gasteiger partial charge in [-0.1, -0.05) is 29.3 Å². The van der Waals surface area contributed by atoms with Crippen molar-refractivity contribution in [3.05, 3.63) is 64.7 Å². The molecule has 2 aromatic carbocycles. The zero-order chi connectivity index (χ0) is 15.2. The summed E-state index contributed by atoms with van der Waals surface area (Å²) in [5, 5.41) is 3.01. The number of aryl methyl sites for hydroxylation is 1.